The molecule has 116 valence electrons. The Morgan fingerprint density at radius 2 is 2.24 bits per heavy atom. The van der Waals surface area contributed by atoms with Crippen LogP contribution in [0.1, 0.15) is 52.3 Å². The number of hydrogen-bond donors (Lipinski definition) is 1. The number of fused-ring (bicyclic) bond motifs is 1. The van der Waals surface area contributed by atoms with Crippen LogP contribution in [-0.4, -0.2) is 26.8 Å². The molecule has 6 heteroatoms. The quantitative estimate of drug-likeness (QED) is 0.866. The molecule has 1 aliphatic heterocycles. The number of rotatable bonds is 4. The first-order chi connectivity index (χ1) is 9.80. The summed E-state index contributed by atoms with van der Waals surface area (Å²) in [5.41, 5.74) is 0.558. The van der Waals surface area contributed by atoms with Crippen molar-refractivity contribution in [1.82, 2.24) is 14.9 Å². The number of nitrogens with zero attached hydrogens (tertiary/aromatic N) is 2. The average Bonchev–Trinajstić information content (AvgIpc) is 2.70. The van der Waals surface area contributed by atoms with Gasteiger partial charge in [-0.1, -0.05) is 25.1 Å². The highest BCUT2D eigenvalue weighted by molar-refractivity contribution is 7.99. The van der Waals surface area contributed by atoms with Gasteiger partial charge < -0.3 is 5.32 Å². The fourth-order valence-corrected chi connectivity index (χ4v) is 3.58. The SMILES string of the molecule is CCCc1cc(=O)n2c(n1)SCC2CC(=O)NC(C)(C)C. The highest BCUT2D eigenvalue weighted by Crippen LogP contribution is 2.32. The van der Waals surface area contributed by atoms with Crippen molar-refractivity contribution in [2.24, 2.45) is 0 Å². The summed E-state index contributed by atoms with van der Waals surface area (Å²) in [7, 11) is 0. The summed E-state index contributed by atoms with van der Waals surface area (Å²) in [6, 6.07) is 1.51. The molecule has 1 atom stereocenters. The van der Waals surface area contributed by atoms with Gasteiger partial charge in [0.05, 0.1) is 6.04 Å². The Balaban J connectivity index is 2.15. The number of hydrogen-bond acceptors (Lipinski definition) is 4. The summed E-state index contributed by atoms with van der Waals surface area (Å²) in [6.07, 6.45) is 2.11. The smallest absolute Gasteiger partial charge is 0.254 e. The van der Waals surface area contributed by atoms with Gasteiger partial charge in [-0.3, -0.25) is 14.2 Å². The Kier molecular flexibility index (Phi) is 4.76. The molecule has 0 saturated carbocycles. The number of carbonyl (C=O) groups excluding carboxylic acids is 1. The Labute approximate surface area is 129 Å². The number of amides is 1. The van der Waals surface area contributed by atoms with E-state index >= 15 is 0 Å². The zero-order valence-corrected chi connectivity index (χ0v) is 13.9. The molecular formula is C15H23N3O2S. The standard InChI is InChI=1S/C15H23N3O2S/c1-5-6-10-7-13(20)18-11(9-21-14(18)16-10)8-12(19)17-15(2,3)4/h7,11H,5-6,8-9H2,1-4H3,(H,17,19). The maximum atomic E-state index is 12.3. The molecule has 2 rings (SSSR count). The van der Waals surface area contributed by atoms with Crippen molar-refractivity contribution in [1.29, 1.82) is 0 Å². The summed E-state index contributed by atoms with van der Waals surface area (Å²) < 4.78 is 1.67. The van der Waals surface area contributed by atoms with Crippen molar-refractivity contribution >= 4 is 17.7 Å². The van der Waals surface area contributed by atoms with Gasteiger partial charge in [0.2, 0.25) is 5.91 Å². The molecule has 1 aliphatic rings. The van der Waals surface area contributed by atoms with Crippen LogP contribution in [0.25, 0.3) is 0 Å². The predicted octanol–water partition coefficient (Wildman–Crippen LogP) is 2.15. The number of nitrogens with one attached hydrogen (secondary N) is 1. The van der Waals surface area contributed by atoms with Gasteiger partial charge >= 0.3 is 0 Å². The molecule has 0 aliphatic carbocycles. The summed E-state index contributed by atoms with van der Waals surface area (Å²) in [6.45, 7) is 7.92. The van der Waals surface area contributed by atoms with Gasteiger partial charge in [-0.15, -0.1) is 0 Å². The second-order valence-electron chi connectivity index (χ2n) is 6.46. The van der Waals surface area contributed by atoms with E-state index in [9.17, 15) is 9.59 Å². The van der Waals surface area contributed by atoms with E-state index in [4.69, 9.17) is 0 Å². The molecule has 0 spiro atoms. The van der Waals surface area contributed by atoms with Crippen LogP contribution in [0.3, 0.4) is 0 Å². The first-order valence-corrected chi connectivity index (χ1v) is 8.35. The average molecular weight is 309 g/mol. The normalized spacial score (nSPS) is 17.6. The molecule has 0 radical (unpaired) electrons. The van der Waals surface area contributed by atoms with Gasteiger partial charge in [0, 0.05) is 29.5 Å². The minimum atomic E-state index is -0.250. The molecule has 1 aromatic heterocycles. The van der Waals surface area contributed by atoms with Gasteiger partial charge in [0.15, 0.2) is 5.16 Å². The zero-order chi connectivity index (χ0) is 15.6. The van der Waals surface area contributed by atoms with E-state index in [1.165, 1.54) is 0 Å². The van der Waals surface area contributed by atoms with Crippen LogP contribution in [0.5, 0.6) is 0 Å². The minimum Gasteiger partial charge on any atom is -0.351 e. The van der Waals surface area contributed by atoms with Crippen molar-refractivity contribution in [2.45, 2.75) is 63.7 Å². The molecular weight excluding hydrogens is 286 g/mol. The summed E-state index contributed by atoms with van der Waals surface area (Å²) in [5, 5.41) is 3.69. The second kappa shape index (κ2) is 6.22. The lowest BCUT2D eigenvalue weighted by Gasteiger charge is -2.22. The second-order valence-corrected chi connectivity index (χ2v) is 7.44. The third-order valence-electron chi connectivity index (χ3n) is 3.18. The third-order valence-corrected chi connectivity index (χ3v) is 4.28. The highest BCUT2D eigenvalue weighted by Gasteiger charge is 2.28. The molecule has 1 aromatic rings. The number of thioether (sulfide) groups is 1. The van der Waals surface area contributed by atoms with E-state index in [0.29, 0.717) is 6.42 Å². The lowest BCUT2D eigenvalue weighted by atomic mass is 10.1. The summed E-state index contributed by atoms with van der Waals surface area (Å²) >= 11 is 1.56. The minimum absolute atomic E-state index is 0.0227. The number of aryl methyl sites for hydroxylation is 1. The third kappa shape index (κ3) is 4.09. The molecule has 0 aromatic carbocycles. The van der Waals surface area contributed by atoms with Gasteiger partial charge in [0.1, 0.15) is 0 Å². The van der Waals surface area contributed by atoms with Crippen molar-refractivity contribution < 1.29 is 4.79 Å². The molecule has 0 fully saturated rings. The first kappa shape index (κ1) is 16.1. The number of carbonyl (C=O) groups is 1. The fourth-order valence-electron chi connectivity index (χ4n) is 2.42. The lowest BCUT2D eigenvalue weighted by Crippen LogP contribution is -2.42. The van der Waals surface area contributed by atoms with Crippen LogP contribution < -0.4 is 10.9 Å². The fraction of sp³-hybridized carbons (Fsp3) is 0.667. The van der Waals surface area contributed by atoms with Crippen molar-refractivity contribution in [3.63, 3.8) is 0 Å². The van der Waals surface area contributed by atoms with Gasteiger partial charge in [-0.25, -0.2) is 4.98 Å². The monoisotopic (exact) mass is 309 g/mol. The van der Waals surface area contributed by atoms with Crippen LogP contribution in [0.4, 0.5) is 0 Å². The van der Waals surface area contributed by atoms with Crippen molar-refractivity contribution in [3.05, 3.63) is 22.1 Å². The lowest BCUT2D eigenvalue weighted by molar-refractivity contribution is -0.123. The summed E-state index contributed by atoms with van der Waals surface area (Å²) in [5.74, 6) is 0.709. The maximum absolute atomic E-state index is 12.3. The number of aromatic nitrogens is 2. The zero-order valence-electron chi connectivity index (χ0n) is 13.1. The van der Waals surface area contributed by atoms with Crippen molar-refractivity contribution in [2.75, 3.05) is 5.75 Å². The molecule has 1 unspecified atom stereocenters. The van der Waals surface area contributed by atoms with E-state index in [1.807, 2.05) is 20.8 Å². The topological polar surface area (TPSA) is 64.0 Å². The van der Waals surface area contributed by atoms with Crippen LogP contribution in [0, 0.1) is 0 Å². The molecule has 5 nitrogen and oxygen atoms in total. The first-order valence-electron chi connectivity index (χ1n) is 7.36. The van der Waals surface area contributed by atoms with E-state index in [2.05, 4.69) is 17.2 Å². The Morgan fingerprint density at radius 1 is 1.52 bits per heavy atom. The summed E-state index contributed by atoms with van der Waals surface area (Å²) in [4.78, 5) is 28.8. The highest BCUT2D eigenvalue weighted by atomic mass is 32.2. The van der Waals surface area contributed by atoms with Crippen molar-refractivity contribution in [3.8, 4) is 0 Å². The molecule has 2 heterocycles. The Hall–Kier alpha value is -1.30. The van der Waals surface area contributed by atoms with E-state index in [0.717, 1.165) is 29.4 Å². The van der Waals surface area contributed by atoms with Crippen LogP contribution in [-0.2, 0) is 11.2 Å². The predicted molar refractivity (Wildman–Crippen MR) is 84.8 cm³/mol. The molecule has 1 N–H and O–H groups in total. The van der Waals surface area contributed by atoms with Crippen LogP contribution in [0.15, 0.2) is 16.0 Å². The van der Waals surface area contributed by atoms with E-state index in [1.54, 1.807) is 22.4 Å². The van der Waals surface area contributed by atoms with E-state index in [-0.39, 0.29) is 23.0 Å². The van der Waals surface area contributed by atoms with Gasteiger partial charge in [-0.05, 0) is 27.2 Å². The molecule has 0 saturated heterocycles. The Bertz CT molecular complexity index is 590. The molecule has 1 amide bonds. The van der Waals surface area contributed by atoms with Gasteiger partial charge in [0.25, 0.3) is 5.56 Å². The van der Waals surface area contributed by atoms with E-state index < -0.39 is 0 Å². The van der Waals surface area contributed by atoms with Crippen LogP contribution in [0.2, 0.25) is 0 Å². The molecule has 0 bridgehead atoms. The molecule has 21 heavy (non-hydrogen) atoms. The van der Waals surface area contributed by atoms with Crippen LogP contribution >= 0.6 is 11.8 Å². The Morgan fingerprint density at radius 3 is 2.86 bits per heavy atom. The largest absolute Gasteiger partial charge is 0.351 e. The maximum Gasteiger partial charge on any atom is 0.254 e. The van der Waals surface area contributed by atoms with Gasteiger partial charge in [-0.2, -0.15) is 0 Å².